The Hall–Kier alpha value is -1.56. The number of aryl methyl sites for hydroxylation is 1. The Morgan fingerprint density at radius 3 is 2.00 bits per heavy atom. The Morgan fingerprint density at radius 2 is 1.52 bits per heavy atom. The molecular weight excluding hydrogens is 648 g/mol. The molecule has 0 bridgehead atoms. The third-order valence-electron chi connectivity index (χ3n) is 4.12. The van der Waals surface area contributed by atoms with Crippen LogP contribution in [0.4, 0.5) is 0 Å². The van der Waals surface area contributed by atoms with E-state index in [0.717, 1.165) is 18.3 Å². The second-order valence-electron chi connectivity index (χ2n) is 7.93. The number of phenols is 2. The van der Waals surface area contributed by atoms with Crippen LogP contribution in [0.2, 0.25) is 0 Å². The van der Waals surface area contributed by atoms with Crippen molar-refractivity contribution in [2.45, 2.75) is 74.0 Å². The van der Waals surface area contributed by atoms with Crippen molar-refractivity contribution in [3.8, 4) is 11.5 Å². The van der Waals surface area contributed by atoms with Crippen LogP contribution < -0.4 is 5.32 Å². The predicted molar refractivity (Wildman–Crippen MR) is 156 cm³/mol. The first kappa shape index (κ1) is 33.6. The zero-order chi connectivity index (χ0) is 22.5. The first-order valence-electron chi connectivity index (χ1n) is 9.41. The van der Waals surface area contributed by atoms with Crippen LogP contribution in [-0.4, -0.2) is 33.7 Å². The van der Waals surface area contributed by atoms with Crippen LogP contribution in [0.25, 0.3) is 0 Å². The summed E-state index contributed by atoms with van der Waals surface area (Å²) >= 11 is 4.11. The monoisotopic (exact) mass is 689 g/mol. The Kier molecular flexibility index (Phi) is 14.9. The van der Waals surface area contributed by atoms with Crippen molar-refractivity contribution in [1.82, 2.24) is 5.32 Å². The van der Waals surface area contributed by atoms with Crippen LogP contribution in [0.5, 0.6) is 11.5 Å². The van der Waals surface area contributed by atoms with E-state index in [-0.39, 0.29) is 55.4 Å². The van der Waals surface area contributed by atoms with Gasteiger partial charge in [0.1, 0.15) is 23.1 Å². The molecule has 33 heavy (non-hydrogen) atoms. The summed E-state index contributed by atoms with van der Waals surface area (Å²) < 4.78 is 6.93. The quantitative estimate of drug-likeness (QED) is 0.222. The summed E-state index contributed by atoms with van der Waals surface area (Å²) in [6.07, 6.45) is 0.945. The molecule has 1 unspecified atom stereocenters. The van der Waals surface area contributed by atoms with Crippen LogP contribution >= 0.6 is 45.2 Å². The Bertz CT molecular complexity index is 896. The molecule has 2 rings (SSSR count). The van der Waals surface area contributed by atoms with Crippen molar-refractivity contribution < 1.29 is 27.4 Å². The van der Waals surface area contributed by atoms with Crippen LogP contribution in [0.1, 0.15) is 63.5 Å². The Balaban J connectivity index is -0.000000961. The summed E-state index contributed by atoms with van der Waals surface area (Å²) in [6, 6.07) is 9.34. The fourth-order valence-corrected chi connectivity index (χ4v) is 4.62. The normalized spacial score (nSPS) is 11.2. The molecule has 0 aliphatic heterocycles. The second kappa shape index (κ2) is 14.6. The highest BCUT2D eigenvalue weighted by atomic mass is 127. The average molecular weight is 689 g/mol. The largest absolute Gasteiger partial charge is 0.508 e. The number of ether oxygens (including phenoxy) is 1. The number of carbonyl (C=O) groups excluding carboxylic acids is 2. The van der Waals surface area contributed by atoms with Gasteiger partial charge in [-0.05, 0) is 108 Å². The Morgan fingerprint density at radius 1 is 1.00 bits per heavy atom. The minimum absolute atomic E-state index is 0. The lowest BCUT2D eigenvalue weighted by molar-refractivity contribution is -0.158. The van der Waals surface area contributed by atoms with Gasteiger partial charge in [0, 0.05) is 15.7 Å². The van der Waals surface area contributed by atoms with Gasteiger partial charge in [-0.1, -0.05) is 34.4 Å². The highest BCUT2D eigenvalue weighted by Gasteiger charge is 2.27. The van der Waals surface area contributed by atoms with E-state index in [9.17, 15) is 19.8 Å². The maximum atomic E-state index is 12.7. The number of benzene rings is 2. The molecule has 0 saturated heterocycles. The highest BCUT2D eigenvalue weighted by Crippen LogP contribution is 2.27. The summed E-state index contributed by atoms with van der Waals surface area (Å²) in [5.74, 6) is -0.390. The van der Waals surface area contributed by atoms with Crippen LogP contribution in [0.15, 0.2) is 36.4 Å². The summed E-state index contributed by atoms with van der Waals surface area (Å²) in [5.41, 5.74) is 1.06. The summed E-state index contributed by atoms with van der Waals surface area (Å²) in [7, 11) is 0. The van der Waals surface area contributed by atoms with Gasteiger partial charge in [-0.15, -0.1) is 0 Å². The number of hydrogen-bond donors (Lipinski definition) is 3. The van der Waals surface area contributed by atoms with Gasteiger partial charge in [-0.25, -0.2) is 4.79 Å². The number of nitrogens with one attached hydrogen (secondary N) is 1. The van der Waals surface area contributed by atoms with Crippen LogP contribution in [0, 0.1) is 7.14 Å². The van der Waals surface area contributed by atoms with Gasteiger partial charge < -0.3 is 20.3 Å². The minimum Gasteiger partial charge on any atom is -0.508 e. The van der Waals surface area contributed by atoms with Gasteiger partial charge >= 0.3 is 5.97 Å². The molecule has 0 fully saturated rings. The molecule has 2 aromatic rings. The lowest BCUT2D eigenvalue weighted by Gasteiger charge is -2.24. The third kappa shape index (κ3) is 11.4. The lowest BCUT2D eigenvalue weighted by atomic mass is 10.0. The van der Waals surface area contributed by atoms with E-state index in [1.54, 1.807) is 32.9 Å². The van der Waals surface area contributed by atoms with E-state index < -0.39 is 17.6 Å². The highest BCUT2D eigenvalue weighted by molar-refractivity contribution is 14.1. The van der Waals surface area contributed by atoms with Gasteiger partial charge in [0.05, 0.1) is 7.14 Å². The molecule has 0 saturated carbocycles. The second-order valence-corrected chi connectivity index (χ2v) is 10.3. The van der Waals surface area contributed by atoms with Gasteiger partial charge in [0.25, 0.3) is 0 Å². The zero-order valence-corrected chi connectivity index (χ0v) is 21.4. The molecule has 0 aliphatic carbocycles. The molecule has 0 spiro atoms. The van der Waals surface area contributed by atoms with Crippen molar-refractivity contribution in [2.24, 2.45) is 0 Å². The van der Waals surface area contributed by atoms with E-state index in [1.165, 1.54) is 12.1 Å². The van der Waals surface area contributed by atoms with E-state index >= 15 is 0 Å². The maximum Gasteiger partial charge on any atom is 0.329 e. The molecule has 0 aromatic heterocycles. The van der Waals surface area contributed by atoms with Crippen molar-refractivity contribution in [2.75, 3.05) is 0 Å². The van der Waals surface area contributed by atoms with Crippen LogP contribution in [-0.2, 0) is 27.2 Å². The number of carbonyl (C=O) groups is 2. The number of phenolic OH excluding ortho intramolecular Hbond substituents is 2. The average Bonchev–Trinajstić information content (AvgIpc) is 2.64. The first-order chi connectivity index (χ1) is 13.9. The molecule has 3 N–H and O–H groups in total. The van der Waals surface area contributed by atoms with Crippen molar-refractivity contribution >= 4 is 57.1 Å². The molecular formula is C25H41I2NO5. The van der Waals surface area contributed by atoms with Gasteiger partial charge in [0.15, 0.2) is 0 Å². The molecule has 0 aliphatic rings. The smallest absolute Gasteiger partial charge is 0.329 e. The van der Waals surface area contributed by atoms with Crippen molar-refractivity contribution in [3.63, 3.8) is 0 Å². The first-order valence-corrected chi connectivity index (χ1v) is 11.6. The van der Waals surface area contributed by atoms with E-state index in [4.69, 9.17) is 4.74 Å². The molecule has 190 valence electrons. The number of rotatable bonds is 7. The van der Waals surface area contributed by atoms with Gasteiger partial charge in [0.2, 0.25) is 5.91 Å². The molecule has 0 heterocycles. The van der Waals surface area contributed by atoms with Gasteiger partial charge in [-0.2, -0.15) is 0 Å². The SMILES string of the molecule is C.C.C.CC(C)(C)OC(=O)C(Cc1ccc(O)cc1)NC(=O)CCc1cc(I)c(O)c(I)c1.[HH].[HH]. The fourth-order valence-electron chi connectivity index (χ4n) is 2.72. The topological polar surface area (TPSA) is 95.9 Å². The number of hydrogen-bond acceptors (Lipinski definition) is 5. The Labute approximate surface area is 228 Å². The summed E-state index contributed by atoms with van der Waals surface area (Å²) in [5, 5.41) is 22.1. The third-order valence-corrected chi connectivity index (χ3v) is 5.76. The predicted octanol–water partition coefficient (Wildman–Crippen LogP) is 6.71. The van der Waals surface area contributed by atoms with Crippen molar-refractivity contribution in [1.29, 1.82) is 0 Å². The number of amides is 1. The molecule has 6 nitrogen and oxygen atoms in total. The van der Waals surface area contributed by atoms with E-state index in [2.05, 4.69) is 50.5 Å². The standard InChI is InChI=1S/C22H25I2NO5.3CH4.2H2/c1-22(2,3)30-21(29)18(12-13-4-7-15(26)8-5-13)25-19(27)9-6-14-10-16(23)20(28)17(24)11-14;;;;;/h4-5,7-8,10-11,18,26,28H,6,9,12H2,1-3H3,(H,25,27);3*1H4;2*1H. The molecule has 1 amide bonds. The molecule has 2 aromatic carbocycles. The maximum absolute atomic E-state index is 12.7. The van der Waals surface area contributed by atoms with Crippen LogP contribution in [0.3, 0.4) is 0 Å². The summed E-state index contributed by atoms with van der Waals surface area (Å²) in [6.45, 7) is 5.33. The van der Waals surface area contributed by atoms with E-state index in [0.29, 0.717) is 6.42 Å². The van der Waals surface area contributed by atoms with Gasteiger partial charge in [-0.3, -0.25) is 4.79 Å². The van der Waals surface area contributed by atoms with Crippen molar-refractivity contribution in [3.05, 3.63) is 54.7 Å². The zero-order valence-electron chi connectivity index (χ0n) is 17.0. The van der Waals surface area contributed by atoms with E-state index in [1.807, 2.05) is 12.1 Å². The molecule has 8 heteroatoms. The number of aromatic hydroxyl groups is 2. The minimum atomic E-state index is -0.832. The molecule has 1 atom stereocenters. The number of esters is 1. The molecule has 0 radical (unpaired) electrons. The fraction of sp³-hybridized carbons (Fsp3) is 0.440. The number of halogens is 2. The lowest BCUT2D eigenvalue weighted by Crippen LogP contribution is -2.45. The summed E-state index contributed by atoms with van der Waals surface area (Å²) in [4.78, 5) is 25.2.